The second-order valence-corrected chi connectivity index (χ2v) is 9.07. The summed E-state index contributed by atoms with van der Waals surface area (Å²) in [6.07, 6.45) is 2.60. The number of amides is 2. The Kier molecular flexibility index (Phi) is 5.48. The van der Waals surface area contributed by atoms with Gasteiger partial charge in [0.15, 0.2) is 5.65 Å². The van der Waals surface area contributed by atoms with Gasteiger partial charge < -0.3 is 15.2 Å². The summed E-state index contributed by atoms with van der Waals surface area (Å²) < 4.78 is 6.76. The smallest absolute Gasteiger partial charge is 0.415 e. The Morgan fingerprint density at radius 3 is 2.72 bits per heavy atom. The molecule has 2 heterocycles. The first-order valence-corrected chi connectivity index (χ1v) is 9.78. The third kappa shape index (κ3) is 4.79. The number of nitrogens with one attached hydrogen (secondary N) is 1. The van der Waals surface area contributed by atoms with Crippen LogP contribution in [0.1, 0.15) is 57.3 Å². The molecule has 0 bridgehead atoms. The van der Waals surface area contributed by atoms with E-state index in [1.807, 2.05) is 0 Å². The van der Waals surface area contributed by atoms with Crippen LogP contribution in [0, 0.1) is 0 Å². The monoisotopic (exact) mass is 423 g/mol. The van der Waals surface area contributed by atoms with Crippen LogP contribution < -0.4 is 10.2 Å². The largest absolute Gasteiger partial charge is 0.443 e. The predicted molar refractivity (Wildman–Crippen MR) is 108 cm³/mol. The van der Waals surface area contributed by atoms with Crippen LogP contribution in [-0.2, 0) is 4.74 Å². The lowest BCUT2D eigenvalue weighted by molar-refractivity contribution is 0.0586. The van der Waals surface area contributed by atoms with Crippen molar-refractivity contribution >= 4 is 35.1 Å². The molecule has 10 heteroatoms. The maximum atomic E-state index is 12.8. The number of aliphatic hydroxyl groups is 1. The molecule has 9 nitrogen and oxygen atoms in total. The second kappa shape index (κ2) is 7.46. The summed E-state index contributed by atoms with van der Waals surface area (Å²) in [4.78, 5) is 30.7. The van der Waals surface area contributed by atoms with E-state index >= 15 is 0 Å². The summed E-state index contributed by atoms with van der Waals surface area (Å²) in [7, 11) is 1.53. The molecule has 2 atom stereocenters. The van der Waals surface area contributed by atoms with Crippen LogP contribution in [0.5, 0.6) is 0 Å². The molecular formula is C19H26ClN5O4. The van der Waals surface area contributed by atoms with Gasteiger partial charge in [-0.2, -0.15) is 9.61 Å². The van der Waals surface area contributed by atoms with Gasteiger partial charge in [0.05, 0.1) is 11.8 Å². The van der Waals surface area contributed by atoms with Gasteiger partial charge in [0.2, 0.25) is 0 Å². The van der Waals surface area contributed by atoms with E-state index in [1.54, 1.807) is 27.7 Å². The summed E-state index contributed by atoms with van der Waals surface area (Å²) in [6.45, 7) is 7.06. The third-order valence-electron chi connectivity index (χ3n) is 4.73. The van der Waals surface area contributed by atoms with Crippen LogP contribution in [0.2, 0.25) is 5.15 Å². The standard InChI is InChI=1S/C19H26ClN5O4/c1-18(2,3)29-17(27)24(5)14-8-13(20)23-15-12(10-21-25(14)15)16(26)22-11-6-7-19(4,28)9-11/h8,10-11,28H,6-7,9H2,1-5H3,(H,22,26)/t11?,19-/m1/s1. The van der Waals surface area contributed by atoms with Gasteiger partial charge in [-0.05, 0) is 47.0 Å². The molecule has 2 aromatic rings. The van der Waals surface area contributed by atoms with E-state index in [2.05, 4.69) is 15.4 Å². The highest BCUT2D eigenvalue weighted by Gasteiger charge is 2.34. The van der Waals surface area contributed by atoms with Crippen LogP contribution in [-0.4, -0.2) is 56.0 Å². The Morgan fingerprint density at radius 2 is 2.14 bits per heavy atom. The minimum atomic E-state index is -0.774. The number of hydrogen-bond acceptors (Lipinski definition) is 6. The van der Waals surface area contributed by atoms with Crippen molar-refractivity contribution in [2.24, 2.45) is 0 Å². The van der Waals surface area contributed by atoms with Crippen LogP contribution in [0.3, 0.4) is 0 Å². The maximum absolute atomic E-state index is 12.8. The number of hydrogen-bond donors (Lipinski definition) is 2. The molecule has 29 heavy (non-hydrogen) atoms. The van der Waals surface area contributed by atoms with Gasteiger partial charge in [-0.15, -0.1) is 0 Å². The van der Waals surface area contributed by atoms with Gasteiger partial charge in [-0.3, -0.25) is 9.69 Å². The lowest BCUT2D eigenvalue weighted by atomic mass is 10.1. The zero-order valence-electron chi connectivity index (χ0n) is 17.2. The summed E-state index contributed by atoms with van der Waals surface area (Å²) >= 11 is 6.15. The highest BCUT2D eigenvalue weighted by molar-refractivity contribution is 6.30. The molecule has 158 valence electrons. The van der Waals surface area contributed by atoms with E-state index in [9.17, 15) is 14.7 Å². The first kappa shape index (κ1) is 21.3. The fraction of sp³-hybridized carbons (Fsp3) is 0.579. The molecule has 2 amide bonds. The lowest BCUT2D eigenvalue weighted by Crippen LogP contribution is -2.35. The fourth-order valence-corrected chi connectivity index (χ4v) is 3.53. The topological polar surface area (TPSA) is 109 Å². The number of carbonyl (C=O) groups is 2. The summed E-state index contributed by atoms with van der Waals surface area (Å²) in [5, 5.41) is 17.3. The molecule has 1 aliphatic rings. The normalized spacial score (nSPS) is 22.0. The molecule has 0 radical (unpaired) electrons. The minimum absolute atomic E-state index is 0.112. The minimum Gasteiger partial charge on any atom is -0.443 e. The van der Waals surface area contributed by atoms with Gasteiger partial charge in [0, 0.05) is 19.2 Å². The van der Waals surface area contributed by atoms with Gasteiger partial charge >= 0.3 is 6.09 Å². The molecule has 1 fully saturated rings. The van der Waals surface area contributed by atoms with Crippen LogP contribution >= 0.6 is 11.6 Å². The van der Waals surface area contributed by atoms with E-state index in [0.29, 0.717) is 25.1 Å². The zero-order chi connectivity index (χ0) is 21.6. The summed E-state index contributed by atoms with van der Waals surface area (Å²) in [5.41, 5.74) is -0.980. The Bertz CT molecular complexity index is 950. The van der Waals surface area contributed by atoms with Crippen molar-refractivity contribution in [1.82, 2.24) is 19.9 Å². The Balaban J connectivity index is 1.89. The summed E-state index contributed by atoms with van der Waals surface area (Å²) in [5.74, 6) is -0.0413. The molecular weight excluding hydrogens is 398 g/mol. The van der Waals surface area contributed by atoms with Crippen LogP contribution in [0.25, 0.3) is 5.65 Å². The maximum Gasteiger partial charge on any atom is 0.415 e. The van der Waals surface area contributed by atoms with Crippen molar-refractivity contribution in [1.29, 1.82) is 0 Å². The SMILES string of the molecule is CN(C(=O)OC(C)(C)C)c1cc(Cl)nc2c(C(=O)NC3CC[C@@](C)(O)C3)cnn12. The molecule has 0 saturated heterocycles. The Morgan fingerprint density at radius 1 is 1.45 bits per heavy atom. The Hall–Kier alpha value is -2.39. The van der Waals surface area contributed by atoms with Crippen molar-refractivity contribution < 1.29 is 19.4 Å². The number of halogens is 1. The first-order chi connectivity index (χ1) is 13.4. The first-order valence-electron chi connectivity index (χ1n) is 9.40. The number of anilines is 1. The molecule has 1 aliphatic carbocycles. The number of fused-ring (bicyclic) bond motifs is 1. The van der Waals surface area contributed by atoms with E-state index in [4.69, 9.17) is 16.3 Å². The van der Waals surface area contributed by atoms with Crippen molar-refractivity contribution in [2.45, 2.75) is 64.2 Å². The van der Waals surface area contributed by atoms with E-state index in [1.165, 1.54) is 28.7 Å². The van der Waals surface area contributed by atoms with E-state index in [0.717, 1.165) is 0 Å². The molecule has 0 aliphatic heterocycles. The molecule has 2 N–H and O–H groups in total. The van der Waals surface area contributed by atoms with Crippen molar-refractivity contribution in [3.05, 3.63) is 23.0 Å². The Labute approximate surface area is 174 Å². The van der Waals surface area contributed by atoms with Crippen molar-refractivity contribution in [3.8, 4) is 0 Å². The highest BCUT2D eigenvalue weighted by atomic mass is 35.5. The van der Waals surface area contributed by atoms with Crippen molar-refractivity contribution in [2.75, 3.05) is 11.9 Å². The average molecular weight is 424 g/mol. The number of carbonyl (C=O) groups excluding carboxylic acids is 2. The van der Waals surface area contributed by atoms with Gasteiger partial charge in [0.1, 0.15) is 22.1 Å². The summed E-state index contributed by atoms with van der Waals surface area (Å²) in [6, 6.07) is 1.34. The fourth-order valence-electron chi connectivity index (χ4n) is 3.35. The van der Waals surface area contributed by atoms with E-state index < -0.39 is 17.3 Å². The lowest BCUT2D eigenvalue weighted by Gasteiger charge is -2.24. The number of aromatic nitrogens is 3. The predicted octanol–water partition coefficient (Wildman–Crippen LogP) is 2.79. The molecule has 3 rings (SSSR count). The molecule has 0 aromatic carbocycles. The molecule has 0 spiro atoms. The average Bonchev–Trinajstić information content (AvgIpc) is 3.14. The third-order valence-corrected chi connectivity index (χ3v) is 4.92. The molecule has 1 saturated carbocycles. The van der Waals surface area contributed by atoms with Crippen molar-refractivity contribution in [3.63, 3.8) is 0 Å². The number of ether oxygens (including phenoxy) is 1. The quantitative estimate of drug-likeness (QED) is 0.734. The van der Waals surface area contributed by atoms with Gasteiger partial charge in [-0.1, -0.05) is 11.6 Å². The molecule has 1 unspecified atom stereocenters. The zero-order valence-corrected chi connectivity index (χ0v) is 17.9. The van der Waals surface area contributed by atoms with Gasteiger partial charge in [-0.25, -0.2) is 9.78 Å². The van der Waals surface area contributed by atoms with Crippen LogP contribution in [0.15, 0.2) is 12.3 Å². The molecule has 2 aromatic heterocycles. The number of nitrogens with zero attached hydrogens (tertiary/aromatic N) is 4. The van der Waals surface area contributed by atoms with Crippen LogP contribution in [0.4, 0.5) is 10.6 Å². The van der Waals surface area contributed by atoms with Gasteiger partial charge in [0.25, 0.3) is 5.91 Å². The second-order valence-electron chi connectivity index (χ2n) is 8.68. The number of rotatable bonds is 3. The highest BCUT2D eigenvalue weighted by Crippen LogP contribution is 2.29. The van der Waals surface area contributed by atoms with E-state index in [-0.39, 0.29) is 28.3 Å².